The quantitative estimate of drug-likeness (QED) is 0.854. The van der Waals surface area contributed by atoms with Crippen LogP contribution in [-0.2, 0) is 4.74 Å². The summed E-state index contributed by atoms with van der Waals surface area (Å²) in [6.45, 7) is 9.00. The summed E-state index contributed by atoms with van der Waals surface area (Å²) in [5, 5.41) is 2.77. The molecule has 1 aromatic rings. The molecule has 0 unspecified atom stereocenters. The summed E-state index contributed by atoms with van der Waals surface area (Å²) in [5.74, 6) is 0.757. The summed E-state index contributed by atoms with van der Waals surface area (Å²) >= 11 is 0. The van der Waals surface area contributed by atoms with Gasteiger partial charge < -0.3 is 14.8 Å². The topological polar surface area (TPSA) is 47.6 Å². The number of hydrogen-bond donors (Lipinski definition) is 1. The minimum Gasteiger partial charge on any atom is -0.497 e. The SMILES string of the molecule is C=C=C[C@@H](NC(=O)OC(C)(C)C)c1ccc(OC)cc1. The molecule has 0 saturated heterocycles. The number of nitrogens with one attached hydrogen (secondary N) is 1. The van der Waals surface area contributed by atoms with Crippen LogP contribution >= 0.6 is 0 Å². The molecule has 20 heavy (non-hydrogen) atoms. The normalized spacial score (nSPS) is 12.0. The fourth-order valence-electron chi connectivity index (χ4n) is 1.58. The third kappa shape index (κ3) is 5.21. The Balaban J connectivity index is 2.83. The zero-order valence-corrected chi connectivity index (χ0v) is 12.4. The van der Waals surface area contributed by atoms with Gasteiger partial charge in [0.2, 0.25) is 0 Å². The number of carbonyl (C=O) groups is 1. The van der Waals surface area contributed by atoms with Gasteiger partial charge in [0.05, 0.1) is 13.2 Å². The third-order valence-electron chi connectivity index (χ3n) is 2.43. The summed E-state index contributed by atoms with van der Waals surface area (Å²) in [4.78, 5) is 11.8. The maximum absolute atomic E-state index is 11.8. The van der Waals surface area contributed by atoms with Crippen LogP contribution in [-0.4, -0.2) is 18.8 Å². The highest BCUT2D eigenvalue weighted by Gasteiger charge is 2.19. The van der Waals surface area contributed by atoms with Crippen LogP contribution < -0.4 is 10.1 Å². The number of alkyl carbamates (subject to hydrolysis) is 1. The van der Waals surface area contributed by atoms with Crippen LogP contribution in [0.5, 0.6) is 5.75 Å². The fraction of sp³-hybridized carbons (Fsp3) is 0.375. The molecule has 0 aliphatic heterocycles. The van der Waals surface area contributed by atoms with Crippen molar-refractivity contribution in [3.05, 3.63) is 48.2 Å². The molecule has 0 fully saturated rings. The van der Waals surface area contributed by atoms with Crippen molar-refractivity contribution in [1.29, 1.82) is 0 Å². The number of carbonyl (C=O) groups excluding carboxylic acids is 1. The van der Waals surface area contributed by atoms with E-state index in [1.54, 1.807) is 13.2 Å². The lowest BCUT2D eigenvalue weighted by molar-refractivity contribution is 0.0514. The molecule has 0 spiro atoms. The van der Waals surface area contributed by atoms with Gasteiger partial charge in [-0.05, 0) is 44.5 Å². The van der Waals surface area contributed by atoms with E-state index < -0.39 is 11.7 Å². The van der Waals surface area contributed by atoms with Gasteiger partial charge in [-0.15, -0.1) is 5.73 Å². The van der Waals surface area contributed by atoms with E-state index >= 15 is 0 Å². The average molecular weight is 275 g/mol. The maximum atomic E-state index is 11.8. The van der Waals surface area contributed by atoms with Crippen LogP contribution in [0.15, 0.2) is 42.7 Å². The number of methoxy groups -OCH3 is 1. The van der Waals surface area contributed by atoms with E-state index in [0.717, 1.165) is 11.3 Å². The van der Waals surface area contributed by atoms with Crippen LogP contribution in [0.3, 0.4) is 0 Å². The Morgan fingerprint density at radius 2 is 1.95 bits per heavy atom. The Morgan fingerprint density at radius 3 is 2.40 bits per heavy atom. The molecule has 4 heteroatoms. The Labute approximate surface area is 120 Å². The lowest BCUT2D eigenvalue weighted by atomic mass is 10.1. The van der Waals surface area contributed by atoms with Gasteiger partial charge in [0.1, 0.15) is 11.4 Å². The fourth-order valence-corrected chi connectivity index (χ4v) is 1.58. The Bertz CT molecular complexity index is 493. The van der Waals surface area contributed by atoms with Gasteiger partial charge in [-0.2, -0.15) is 0 Å². The van der Waals surface area contributed by atoms with Gasteiger partial charge in [-0.1, -0.05) is 18.7 Å². The molecular weight excluding hydrogens is 254 g/mol. The summed E-state index contributed by atoms with van der Waals surface area (Å²) in [7, 11) is 1.61. The van der Waals surface area contributed by atoms with Crippen LogP contribution in [0.2, 0.25) is 0 Å². The van der Waals surface area contributed by atoms with Crippen molar-refractivity contribution in [2.24, 2.45) is 0 Å². The maximum Gasteiger partial charge on any atom is 0.408 e. The third-order valence-corrected chi connectivity index (χ3v) is 2.43. The van der Waals surface area contributed by atoms with Crippen molar-refractivity contribution in [2.75, 3.05) is 7.11 Å². The highest BCUT2D eigenvalue weighted by molar-refractivity contribution is 5.68. The number of benzene rings is 1. The molecule has 0 aliphatic rings. The predicted molar refractivity (Wildman–Crippen MR) is 78.8 cm³/mol. The molecule has 108 valence electrons. The van der Waals surface area contributed by atoms with Gasteiger partial charge in [0.25, 0.3) is 0 Å². The Hall–Kier alpha value is -2.19. The van der Waals surface area contributed by atoms with Gasteiger partial charge >= 0.3 is 6.09 Å². The molecule has 1 atom stereocenters. The van der Waals surface area contributed by atoms with Crippen molar-refractivity contribution in [3.63, 3.8) is 0 Å². The summed E-state index contributed by atoms with van der Waals surface area (Å²) in [6.07, 6.45) is 1.19. The molecule has 0 heterocycles. The summed E-state index contributed by atoms with van der Waals surface area (Å²) < 4.78 is 10.3. The first-order valence-corrected chi connectivity index (χ1v) is 6.35. The standard InChI is InChI=1S/C16H21NO3/c1-6-7-14(17-15(18)20-16(2,3)4)12-8-10-13(19-5)11-9-12/h7-11,14H,1H2,2-5H3,(H,17,18)/t14-/m1/s1. The van der Waals surface area contributed by atoms with Crippen LogP contribution in [0, 0.1) is 0 Å². The van der Waals surface area contributed by atoms with Crippen molar-refractivity contribution in [3.8, 4) is 5.75 Å². The first-order chi connectivity index (χ1) is 9.35. The molecule has 0 aromatic heterocycles. The van der Waals surface area contributed by atoms with E-state index in [0.29, 0.717) is 0 Å². The molecule has 1 amide bonds. The van der Waals surface area contributed by atoms with Gasteiger partial charge in [-0.3, -0.25) is 0 Å². The molecule has 4 nitrogen and oxygen atoms in total. The van der Waals surface area contributed by atoms with Crippen molar-refractivity contribution < 1.29 is 14.3 Å². The molecule has 0 saturated carbocycles. The van der Waals surface area contributed by atoms with Crippen LogP contribution in [0.1, 0.15) is 32.4 Å². The van der Waals surface area contributed by atoms with E-state index in [9.17, 15) is 4.79 Å². The van der Waals surface area contributed by atoms with E-state index in [-0.39, 0.29) is 6.04 Å². The van der Waals surface area contributed by atoms with Crippen molar-refractivity contribution in [2.45, 2.75) is 32.4 Å². The number of ether oxygens (including phenoxy) is 2. The van der Waals surface area contributed by atoms with Crippen LogP contribution in [0.4, 0.5) is 4.79 Å². The van der Waals surface area contributed by atoms with Crippen molar-refractivity contribution in [1.82, 2.24) is 5.32 Å². The molecule has 0 radical (unpaired) electrons. The van der Waals surface area contributed by atoms with Crippen LogP contribution in [0.25, 0.3) is 0 Å². The minimum absolute atomic E-state index is 0.340. The van der Waals surface area contributed by atoms with Crippen molar-refractivity contribution >= 4 is 6.09 Å². The van der Waals surface area contributed by atoms with E-state index in [4.69, 9.17) is 9.47 Å². The van der Waals surface area contributed by atoms with Gasteiger partial charge in [0.15, 0.2) is 0 Å². The summed E-state index contributed by atoms with van der Waals surface area (Å²) in [6, 6.07) is 7.06. The second-order valence-corrected chi connectivity index (χ2v) is 5.27. The van der Waals surface area contributed by atoms with Gasteiger partial charge in [-0.25, -0.2) is 4.79 Å². The Kier molecular flexibility index (Phi) is 5.42. The van der Waals surface area contributed by atoms with E-state index in [1.165, 1.54) is 0 Å². The van der Waals surface area contributed by atoms with Gasteiger partial charge in [0, 0.05) is 0 Å². The highest BCUT2D eigenvalue weighted by atomic mass is 16.6. The lowest BCUT2D eigenvalue weighted by Crippen LogP contribution is -2.34. The van der Waals surface area contributed by atoms with E-state index in [1.807, 2.05) is 45.0 Å². The molecule has 0 bridgehead atoms. The molecule has 1 N–H and O–H groups in total. The largest absolute Gasteiger partial charge is 0.497 e. The first kappa shape index (κ1) is 15.9. The monoisotopic (exact) mass is 275 g/mol. The number of hydrogen-bond acceptors (Lipinski definition) is 3. The second-order valence-electron chi connectivity index (χ2n) is 5.27. The molecule has 1 rings (SSSR count). The predicted octanol–water partition coefficient (Wildman–Crippen LogP) is 3.60. The zero-order valence-electron chi connectivity index (χ0n) is 12.4. The minimum atomic E-state index is -0.535. The highest BCUT2D eigenvalue weighted by Crippen LogP contribution is 2.19. The number of amides is 1. The first-order valence-electron chi connectivity index (χ1n) is 6.35. The number of rotatable bonds is 4. The Morgan fingerprint density at radius 1 is 1.35 bits per heavy atom. The van der Waals surface area contributed by atoms with E-state index in [2.05, 4.69) is 17.6 Å². The molecule has 0 aliphatic carbocycles. The lowest BCUT2D eigenvalue weighted by Gasteiger charge is -2.22. The zero-order chi connectivity index (χ0) is 15.2. The average Bonchev–Trinajstić information content (AvgIpc) is 2.36. The molecule has 1 aromatic carbocycles. The second kappa shape index (κ2) is 6.83. The molecular formula is C16H21NO3. The summed E-state index contributed by atoms with van der Waals surface area (Å²) in [5.41, 5.74) is 3.05. The smallest absolute Gasteiger partial charge is 0.408 e.